The zero-order valence-electron chi connectivity index (χ0n) is 6.53. The van der Waals surface area contributed by atoms with Gasteiger partial charge in [0.15, 0.2) is 0 Å². The van der Waals surface area contributed by atoms with E-state index in [1.165, 1.54) is 11.3 Å². The normalized spacial score (nSPS) is 10.9. The molecule has 0 aliphatic heterocycles. The van der Waals surface area contributed by atoms with Crippen LogP contribution in [0.2, 0.25) is 5.02 Å². The molecule has 1 N–H and O–H groups in total. The molecule has 2 aromatic rings. The molecule has 0 spiro atoms. The summed E-state index contributed by atoms with van der Waals surface area (Å²) in [6.07, 6.45) is 1.65. The molecule has 0 aliphatic rings. The molecule has 0 saturated heterocycles. The molecule has 2 heterocycles. The Hall–Kier alpha value is -0.680. The van der Waals surface area contributed by atoms with Crippen molar-refractivity contribution in [1.82, 2.24) is 4.98 Å². The van der Waals surface area contributed by atoms with Crippen LogP contribution in [0, 0.1) is 0 Å². The van der Waals surface area contributed by atoms with E-state index in [1.54, 1.807) is 12.3 Å². The number of nitrogens with zero attached hydrogens (tertiary/aromatic N) is 1. The predicted molar refractivity (Wildman–Crippen MR) is 52.0 cm³/mol. The molecule has 0 unspecified atom stereocenters. The molecule has 5 heteroatoms. The third-order valence-electron chi connectivity index (χ3n) is 1.62. The van der Waals surface area contributed by atoms with Crippen LogP contribution >= 0.6 is 22.9 Å². The number of pyridine rings is 1. The number of rotatable bonds is 2. The summed E-state index contributed by atoms with van der Waals surface area (Å²) >= 11 is 7.41. The van der Waals surface area contributed by atoms with Gasteiger partial charge in [0.25, 0.3) is 0 Å². The van der Waals surface area contributed by atoms with Crippen LogP contribution in [0.3, 0.4) is 0 Å². The summed E-state index contributed by atoms with van der Waals surface area (Å²) in [6, 6.07) is 3.59. The number of halogens is 1. The minimum atomic E-state index is 0.178. The Labute approximate surface area is 83.5 Å². The highest BCUT2D eigenvalue weighted by atomic mass is 35.5. The maximum Gasteiger partial charge on any atom is 0.116 e. The molecule has 3 nitrogen and oxygen atoms in total. The first-order valence-corrected chi connectivity index (χ1v) is 4.80. The average molecular weight is 216 g/mol. The molecule has 13 heavy (non-hydrogen) atoms. The van der Waals surface area contributed by atoms with E-state index in [-0.39, 0.29) is 6.61 Å². The first-order chi connectivity index (χ1) is 6.31. The molecule has 0 bridgehead atoms. The van der Waals surface area contributed by atoms with Crippen molar-refractivity contribution in [2.24, 2.45) is 0 Å². The van der Waals surface area contributed by atoms with Crippen molar-refractivity contribution < 1.29 is 10.1 Å². The van der Waals surface area contributed by atoms with Crippen LogP contribution in [0.25, 0.3) is 10.2 Å². The minimum absolute atomic E-state index is 0.178. The van der Waals surface area contributed by atoms with Crippen LogP contribution in [0.4, 0.5) is 0 Å². The van der Waals surface area contributed by atoms with Crippen molar-refractivity contribution in [2.45, 2.75) is 6.61 Å². The van der Waals surface area contributed by atoms with Crippen LogP contribution < -0.4 is 0 Å². The average Bonchev–Trinajstić information content (AvgIpc) is 2.49. The number of hydrogen-bond acceptors (Lipinski definition) is 4. The van der Waals surface area contributed by atoms with Gasteiger partial charge >= 0.3 is 0 Å². The summed E-state index contributed by atoms with van der Waals surface area (Å²) in [5, 5.41) is 8.95. The Balaban J connectivity index is 2.55. The SMILES string of the molecule is OOCc1cc2nccc(Cl)c2s1. The van der Waals surface area contributed by atoms with Crippen molar-refractivity contribution in [3.63, 3.8) is 0 Å². The van der Waals surface area contributed by atoms with E-state index in [0.29, 0.717) is 5.02 Å². The highest BCUT2D eigenvalue weighted by Crippen LogP contribution is 2.30. The molecule has 0 aliphatic carbocycles. The van der Waals surface area contributed by atoms with Crippen molar-refractivity contribution in [1.29, 1.82) is 0 Å². The van der Waals surface area contributed by atoms with Gasteiger partial charge in [-0.25, -0.2) is 4.89 Å². The van der Waals surface area contributed by atoms with Gasteiger partial charge in [-0.3, -0.25) is 10.2 Å². The van der Waals surface area contributed by atoms with Crippen LogP contribution in [0.15, 0.2) is 18.3 Å². The summed E-state index contributed by atoms with van der Waals surface area (Å²) in [5.41, 5.74) is 0.838. The van der Waals surface area contributed by atoms with Crippen molar-refractivity contribution >= 4 is 33.2 Å². The molecule has 2 aromatic heterocycles. The molecule has 2 rings (SSSR count). The Kier molecular flexibility index (Phi) is 2.46. The van der Waals surface area contributed by atoms with Crippen molar-refractivity contribution in [3.05, 3.63) is 28.2 Å². The quantitative estimate of drug-likeness (QED) is 0.619. The van der Waals surface area contributed by atoms with Crippen LogP contribution in [-0.2, 0) is 11.5 Å². The standard InChI is InChI=1S/C8H6ClNO2S/c9-6-1-2-10-7-3-5(4-12-11)13-8(6)7/h1-3,11H,4H2. The third kappa shape index (κ3) is 1.66. The van der Waals surface area contributed by atoms with Gasteiger partial charge in [0.2, 0.25) is 0 Å². The van der Waals surface area contributed by atoms with E-state index in [1.807, 2.05) is 6.07 Å². The van der Waals surface area contributed by atoms with Crippen LogP contribution in [0.5, 0.6) is 0 Å². The highest BCUT2D eigenvalue weighted by Gasteiger charge is 2.05. The highest BCUT2D eigenvalue weighted by molar-refractivity contribution is 7.19. The van der Waals surface area contributed by atoms with Crippen LogP contribution in [-0.4, -0.2) is 10.2 Å². The second kappa shape index (κ2) is 3.59. The zero-order chi connectivity index (χ0) is 9.26. The van der Waals surface area contributed by atoms with Crippen molar-refractivity contribution in [2.75, 3.05) is 0 Å². The number of fused-ring (bicyclic) bond motifs is 1. The van der Waals surface area contributed by atoms with E-state index >= 15 is 0 Å². The first-order valence-electron chi connectivity index (χ1n) is 3.60. The number of thiophene rings is 1. The number of hydrogen-bond donors (Lipinski definition) is 1. The van der Waals surface area contributed by atoms with Gasteiger partial charge in [-0.15, -0.1) is 11.3 Å². The topological polar surface area (TPSA) is 42.4 Å². The van der Waals surface area contributed by atoms with Gasteiger partial charge in [0.1, 0.15) is 6.61 Å². The van der Waals surface area contributed by atoms with Gasteiger partial charge in [-0.2, -0.15) is 0 Å². The fourth-order valence-corrected chi connectivity index (χ4v) is 2.29. The molecule has 0 saturated carbocycles. The lowest BCUT2D eigenvalue weighted by Gasteiger charge is -1.89. The van der Waals surface area contributed by atoms with Gasteiger partial charge in [-0.1, -0.05) is 11.6 Å². The summed E-state index contributed by atoms with van der Waals surface area (Å²) in [6.45, 7) is 0.178. The fourth-order valence-electron chi connectivity index (χ4n) is 1.09. The summed E-state index contributed by atoms with van der Waals surface area (Å²) in [7, 11) is 0. The summed E-state index contributed by atoms with van der Waals surface area (Å²) < 4.78 is 0.927. The van der Waals surface area contributed by atoms with E-state index in [0.717, 1.165) is 15.1 Å². The largest absolute Gasteiger partial charge is 0.255 e. The minimum Gasteiger partial charge on any atom is -0.255 e. The molecular formula is C8H6ClNO2S. The molecule has 0 fully saturated rings. The molecule has 68 valence electrons. The maximum atomic E-state index is 8.27. The predicted octanol–water partition coefficient (Wildman–Crippen LogP) is 2.94. The fraction of sp³-hybridized carbons (Fsp3) is 0.125. The lowest BCUT2D eigenvalue weighted by Crippen LogP contribution is -1.80. The molecule has 0 atom stereocenters. The smallest absolute Gasteiger partial charge is 0.116 e. The van der Waals surface area contributed by atoms with Crippen molar-refractivity contribution in [3.8, 4) is 0 Å². The van der Waals surface area contributed by atoms with Gasteiger partial charge in [-0.05, 0) is 12.1 Å². The van der Waals surface area contributed by atoms with Crippen LogP contribution in [0.1, 0.15) is 4.88 Å². The second-order valence-electron chi connectivity index (χ2n) is 2.49. The number of aromatic nitrogens is 1. The van der Waals surface area contributed by atoms with E-state index in [2.05, 4.69) is 9.87 Å². The Morgan fingerprint density at radius 2 is 2.46 bits per heavy atom. The summed E-state index contributed by atoms with van der Waals surface area (Å²) in [5.74, 6) is 0. The van der Waals surface area contributed by atoms with Gasteiger partial charge in [0.05, 0.1) is 15.2 Å². The molecule has 0 radical (unpaired) electrons. The molecular weight excluding hydrogens is 210 g/mol. The lowest BCUT2D eigenvalue weighted by atomic mass is 10.4. The van der Waals surface area contributed by atoms with E-state index in [4.69, 9.17) is 16.9 Å². The van der Waals surface area contributed by atoms with E-state index in [9.17, 15) is 0 Å². The Morgan fingerprint density at radius 3 is 3.15 bits per heavy atom. The van der Waals surface area contributed by atoms with Gasteiger partial charge < -0.3 is 0 Å². The molecule has 0 aromatic carbocycles. The third-order valence-corrected chi connectivity index (χ3v) is 3.18. The second-order valence-corrected chi connectivity index (χ2v) is 4.04. The molecule has 0 amide bonds. The first kappa shape index (κ1) is 8.90. The Morgan fingerprint density at radius 1 is 1.62 bits per heavy atom. The monoisotopic (exact) mass is 215 g/mol. The summed E-state index contributed by atoms with van der Waals surface area (Å²) in [4.78, 5) is 9.07. The maximum absolute atomic E-state index is 8.27. The van der Waals surface area contributed by atoms with E-state index < -0.39 is 0 Å². The Bertz CT molecular complexity index is 429. The lowest BCUT2D eigenvalue weighted by molar-refractivity contribution is -0.252. The van der Waals surface area contributed by atoms with Gasteiger partial charge in [0, 0.05) is 11.1 Å². The zero-order valence-corrected chi connectivity index (χ0v) is 8.10.